The van der Waals surface area contributed by atoms with Crippen molar-refractivity contribution >= 4 is 16.6 Å². The summed E-state index contributed by atoms with van der Waals surface area (Å²) in [6, 6.07) is 7.28. The molecule has 0 bridgehead atoms. The molecule has 2 rings (SSSR count). The van der Waals surface area contributed by atoms with Crippen LogP contribution in [-0.4, -0.2) is 4.98 Å². The van der Waals surface area contributed by atoms with Gasteiger partial charge < -0.3 is 10.7 Å². The molecule has 0 fully saturated rings. The fraction of sp³-hybridized carbons (Fsp3) is 0. The number of rotatable bonds is 0. The normalized spacial score (nSPS) is 10.3. The molecule has 0 aliphatic rings. The molecule has 2 aromatic rings. The summed E-state index contributed by atoms with van der Waals surface area (Å²) in [6.45, 7) is 0. The van der Waals surface area contributed by atoms with Crippen LogP contribution in [0.5, 0.6) is 0 Å². The smallest absolute Gasteiger partial charge is 0.212 e. The van der Waals surface area contributed by atoms with Crippen LogP contribution < -0.4 is 11.2 Å². The molecule has 0 radical (unpaired) electrons. The summed E-state index contributed by atoms with van der Waals surface area (Å²) in [6.07, 6.45) is 1.52. The van der Waals surface area contributed by atoms with Gasteiger partial charge in [0.2, 0.25) is 5.43 Å². The second-order valence-corrected chi connectivity index (χ2v) is 2.62. The Hall–Kier alpha value is -1.77. The number of hydrogen-bond acceptors (Lipinski definition) is 2. The van der Waals surface area contributed by atoms with E-state index >= 15 is 0 Å². The first-order chi connectivity index (χ1) is 5.79. The lowest BCUT2D eigenvalue weighted by atomic mass is 10.2. The zero-order valence-corrected chi connectivity index (χ0v) is 6.37. The summed E-state index contributed by atoms with van der Waals surface area (Å²) in [4.78, 5) is 14.3. The average molecular weight is 160 g/mol. The molecule has 0 spiro atoms. The Kier molecular flexibility index (Phi) is 1.37. The highest BCUT2D eigenvalue weighted by molar-refractivity contribution is 5.80. The molecule has 60 valence electrons. The van der Waals surface area contributed by atoms with Crippen molar-refractivity contribution in [3.8, 4) is 0 Å². The standard InChI is InChI=1S/C9H8N2O/c10-7-5-11-8-4-2-1-3-6(8)9(7)12/h1-5H,10H2,(H,11,12). The highest BCUT2D eigenvalue weighted by atomic mass is 16.1. The summed E-state index contributed by atoms with van der Waals surface area (Å²) in [5.74, 6) is 0. The molecule has 3 N–H and O–H groups in total. The zero-order valence-electron chi connectivity index (χ0n) is 6.37. The molecule has 0 aliphatic heterocycles. The van der Waals surface area contributed by atoms with Gasteiger partial charge >= 0.3 is 0 Å². The van der Waals surface area contributed by atoms with E-state index in [1.807, 2.05) is 18.2 Å². The molecule has 1 aromatic carbocycles. The van der Waals surface area contributed by atoms with Crippen molar-refractivity contribution in [2.45, 2.75) is 0 Å². The van der Waals surface area contributed by atoms with Gasteiger partial charge in [0.05, 0.1) is 5.69 Å². The molecule has 0 unspecified atom stereocenters. The minimum atomic E-state index is -0.107. The van der Waals surface area contributed by atoms with E-state index in [0.717, 1.165) is 5.52 Å². The average Bonchev–Trinajstić information content (AvgIpc) is 2.12. The van der Waals surface area contributed by atoms with Crippen LogP contribution in [0, 0.1) is 0 Å². The number of para-hydroxylation sites is 1. The maximum absolute atomic E-state index is 11.4. The highest BCUT2D eigenvalue weighted by Crippen LogP contribution is 2.06. The Balaban J connectivity index is 3.01. The number of fused-ring (bicyclic) bond motifs is 1. The number of pyridine rings is 1. The first kappa shape index (κ1) is 6.91. The lowest BCUT2D eigenvalue weighted by molar-refractivity contribution is 1.39. The number of benzene rings is 1. The van der Waals surface area contributed by atoms with E-state index in [1.54, 1.807) is 6.07 Å². The Morgan fingerprint density at radius 1 is 1.25 bits per heavy atom. The van der Waals surface area contributed by atoms with Gasteiger partial charge in [0.15, 0.2) is 0 Å². The van der Waals surface area contributed by atoms with E-state index in [2.05, 4.69) is 4.98 Å². The molecule has 3 nitrogen and oxygen atoms in total. The minimum absolute atomic E-state index is 0.107. The van der Waals surface area contributed by atoms with E-state index in [0.29, 0.717) is 5.39 Å². The molecule has 1 aromatic heterocycles. The van der Waals surface area contributed by atoms with Crippen LogP contribution >= 0.6 is 0 Å². The first-order valence-corrected chi connectivity index (χ1v) is 3.65. The predicted octanol–water partition coefficient (Wildman–Crippen LogP) is 1.11. The predicted molar refractivity (Wildman–Crippen MR) is 49.0 cm³/mol. The largest absolute Gasteiger partial charge is 0.394 e. The van der Waals surface area contributed by atoms with E-state index in [4.69, 9.17) is 5.73 Å². The van der Waals surface area contributed by atoms with Gasteiger partial charge in [0, 0.05) is 17.1 Å². The number of H-pyrrole nitrogens is 1. The molecular weight excluding hydrogens is 152 g/mol. The van der Waals surface area contributed by atoms with Crippen LogP contribution in [0.2, 0.25) is 0 Å². The Morgan fingerprint density at radius 3 is 2.83 bits per heavy atom. The van der Waals surface area contributed by atoms with Crippen LogP contribution in [0.3, 0.4) is 0 Å². The van der Waals surface area contributed by atoms with Crippen LogP contribution in [0.4, 0.5) is 5.69 Å². The van der Waals surface area contributed by atoms with Crippen molar-refractivity contribution < 1.29 is 0 Å². The van der Waals surface area contributed by atoms with Gasteiger partial charge in [-0.2, -0.15) is 0 Å². The highest BCUT2D eigenvalue weighted by Gasteiger charge is 1.98. The maximum atomic E-state index is 11.4. The summed E-state index contributed by atoms with van der Waals surface area (Å²) < 4.78 is 0. The molecule has 0 saturated heterocycles. The first-order valence-electron chi connectivity index (χ1n) is 3.65. The molecule has 1 heterocycles. The molecule has 3 heteroatoms. The van der Waals surface area contributed by atoms with Crippen molar-refractivity contribution in [3.63, 3.8) is 0 Å². The van der Waals surface area contributed by atoms with E-state index in [1.165, 1.54) is 6.20 Å². The quantitative estimate of drug-likeness (QED) is 0.606. The number of nitrogens with one attached hydrogen (secondary N) is 1. The minimum Gasteiger partial charge on any atom is -0.394 e. The van der Waals surface area contributed by atoms with Crippen LogP contribution in [0.1, 0.15) is 0 Å². The number of aromatic amines is 1. The third-order valence-electron chi connectivity index (χ3n) is 1.82. The van der Waals surface area contributed by atoms with Gasteiger partial charge in [0.1, 0.15) is 0 Å². The second-order valence-electron chi connectivity index (χ2n) is 2.62. The van der Waals surface area contributed by atoms with Crippen molar-refractivity contribution in [2.24, 2.45) is 0 Å². The number of hydrogen-bond donors (Lipinski definition) is 2. The maximum Gasteiger partial charge on any atom is 0.212 e. The van der Waals surface area contributed by atoms with E-state index in [9.17, 15) is 4.79 Å². The Bertz CT molecular complexity index is 473. The summed E-state index contributed by atoms with van der Waals surface area (Å²) in [5.41, 5.74) is 6.41. The lowest BCUT2D eigenvalue weighted by Gasteiger charge is -1.96. The van der Waals surface area contributed by atoms with E-state index < -0.39 is 0 Å². The molecule has 12 heavy (non-hydrogen) atoms. The Labute approximate surface area is 68.8 Å². The van der Waals surface area contributed by atoms with Crippen LogP contribution in [0.15, 0.2) is 35.3 Å². The van der Waals surface area contributed by atoms with E-state index in [-0.39, 0.29) is 11.1 Å². The van der Waals surface area contributed by atoms with Crippen LogP contribution in [0.25, 0.3) is 10.9 Å². The topological polar surface area (TPSA) is 58.9 Å². The molecular formula is C9H8N2O. The molecule has 0 aliphatic carbocycles. The van der Waals surface area contributed by atoms with Gasteiger partial charge in [-0.05, 0) is 12.1 Å². The monoisotopic (exact) mass is 160 g/mol. The Morgan fingerprint density at radius 2 is 2.00 bits per heavy atom. The van der Waals surface area contributed by atoms with Gasteiger partial charge in [-0.25, -0.2) is 0 Å². The number of aromatic nitrogens is 1. The van der Waals surface area contributed by atoms with Crippen LogP contribution in [-0.2, 0) is 0 Å². The summed E-state index contributed by atoms with van der Waals surface area (Å²) in [7, 11) is 0. The number of nitrogens with two attached hydrogens (primary N) is 1. The zero-order chi connectivity index (χ0) is 8.55. The SMILES string of the molecule is Nc1c[nH]c2ccccc2c1=O. The lowest BCUT2D eigenvalue weighted by Crippen LogP contribution is -2.08. The fourth-order valence-corrected chi connectivity index (χ4v) is 1.18. The second kappa shape index (κ2) is 2.37. The molecule has 0 atom stereocenters. The number of nitrogen functional groups attached to an aromatic ring is 1. The third-order valence-corrected chi connectivity index (χ3v) is 1.82. The van der Waals surface area contributed by atoms with Gasteiger partial charge in [-0.15, -0.1) is 0 Å². The van der Waals surface area contributed by atoms with Gasteiger partial charge in [0.25, 0.3) is 0 Å². The van der Waals surface area contributed by atoms with Crippen molar-refractivity contribution in [1.29, 1.82) is 0 Å². The summed E-state index contributed by atoms with van der Waals surface area (Å²) >= 11 is 0. The van der Waals surface area contributed by atoms with Gasteiger partial charge in [-0.3, -0.25) is 4.79 Å². The van der Waals surface area contributed by atoms with Crippen molar-refractivity contribution in [3.05, 3.63) is 40.7 Å². The molecule has 0 saturated carbocycles. The van der Waals surface area contributed by atoms with Crippen molar-refractivity contribution in [1.82, 2.24) is 4.98 Å². The fourth-order valence-electron chi connectivity index (χ4n) is 1.18. The van der Waals surface area contributed by atoms with Gasteiger partial charge in [-0.1, -0.05) is 12.1 Å². The third kappa shape index (κ3) is 0.871. The van der Waals surface area contributed by atoms with Crippen molar-refractivity contribution in [2.75, 3.05) is 5.73 Å². The summed E-state index contributed by atoms with van der Waals surface area (Å²) in [5, 5.41) is 0.637. The molecule has 0 amide bonds. The number of anilines is 1.